The minimum atomic E-state index is -3.87. The highest BCUT2D eigenvalue weighted by Crippen LogP contribution is 2.26. The second kappa shape index (κ2) is 8.62. The zero-order valence-electron chi connectivity index (χ0n) is 16.6. The summed E-state index contributed by atoms with van der Waals surface area (Å²) in [6.45, 7) is 3.61. The van der Waals surface area contributed by atoms with Crippen LogP contribution in [0.4, 0.5) is 5.69 Å². The Morgan fingerprint density at radius 1 is 1.19 bits per heavy atom. The van der Waals surface area contributed by atoms with Crippen molar-refractivity contribution >= 4 is 54.8 Å². The Hall–Kier alpha value is -2.40. The van der Waals surface area contributed by atoms with E-state index in [1.54, 1.807) is 36.1 Å². The van der Waals surface area contributed by atoms with Gasteiger partial charge in [0.15, 0.2) is 0 Å². The average molecular weight is 482 g/mol. The highest BCUT2D eigenvalue weighted by molar-refractivity contribution is 7.92. The fourth-order valence-corrected chi connectivity index (χ4v) is 5.74. The third kappa shape index (κ3) is 4.62. The molecule has 0 spiro atoms. The highest BCUT2D eigenvalue weighted by Gasteiger charge is 2.21. The number of thiazole rings is 1. The first-order valence-electron chi connectivity index (χ1n) is 9.52. The summed E-state index contributed by atoms with van der Waals surface area (Å²) in [5.41, 5.74) is 1.64. The van der Waals surface area contributed by atoms with Gasteiger partial charge in [0.25, 0.3) is 10.0 Å². The van der Waals surface area contributed by atoms with E-state index in [0.29, 0.717) is 52.8 Å². The molecule has 0 atom stereocenters. The van der Waals surface area contributed by atoms with E-state index >= 15 is 0 Å². The number of ether oxygens (including phenoxy) is 1. The van der Waals surface area contributed by atoms with Crippen LogP contribution in [-0.4, -0.2) is 50.1 Å². The van der Waals surface area contributed by atoms with Crippen molar-refractivity contribution in [3.8, 4) is 0 Å². The topological polar surface area (TPSA) is 97.7 Å². The van der Waals surface area contributed by atoms with Gasteiger partial charge in [-0.2, -0.15) is 0 Å². The molecule has 2 aromatic carbocycles. The Morgan fingerprint density at radius 3 is 2.65 bits per heavy atom. The average Bonchev–Trinajstić information content (AvgIpc) is 3.05. The molecular weight excluding hydrogens is 462 g/mol. The van der Waals surface area contributed by atoms with Crippen molar-refractivity contribution < 1.29 is 17.9 Å². The second-order valence-corrected chi connectivity index (χ2v) is 10.3. The van der Waals surface area contributed by atoms with E-state index in [-0.39, 0.29) is 22.2 Å². The minimum absolute atomic E-state index is 0.0299. The molecule has 164 valence electrons. The number of sulfonamides is 1. The molecule has 0 saturated carbocycles. The summed E-state index contributed by atoms with van der Waals surface area (Å²) in [6.07, 6.45) is 0. The first kappa shape index (κ1) is 21.8. The van der Waals surface area contributed by atoms with Crippen LogP contribution in [0.25, 0.3) is 10.2 Å². The van der Waals surface area contributed by atoms with E-state index in [2.05, 4.69) is 4.72 Å². The normalized spacial score (nSPS) is 14.7. The maximum atomic E-state index is 12.9. The summed E-state index contributed by atoms with van der Waals surface area (Å²) < 4.78 is 35.4. The van der Waals surface area contributed by atoms with Gasteiger partial charge in [-0.3, -0.25) is 18.9 Å². The number of hydrogen-bond acceptors (Lipinski definition) is 6. The molecule has 8 nitrogen and oxygen atoms in total. The quantitative estimate of drug-likeness (QED) is 0.604. The monoisotopic (exact) mass is 481 g/mol. The van der Waals surface area contributed by atoms with Crippen LogP contribution in [0.1, 0.15) is 5.56 Å². The standard InChI is InChI=1S/C20H20ClN3O5S2/c1-13-10-14(21)2-4-16(13)22-31(27,28)15-3-5-17-18(11-15)30-20(26)24(17)12-19(25)23-6-8-29-9-7-23/h2-5,10-11,22H,6-9,12H2,1H3. The van der Waals surface area contributed by atoms with Crippen molar-refractivity contribution in [2.45, 2.75) is 18.4 Å². The predicted octanol–water partition coefficient (Wildman–Crippen LogP) is 2.68. The fraction of sp³-hybridized carbons (Fsp3) is 0.300. The van der Waals surface area contributed by atoms with Crippen molar-refractivity contribution in [1.82, 2.24) is 9.47 Å². The molecule has 0 radical (unpaired) electrons. The number of aryl methyl sites for hydroxylation is 1. The molecule has 1 saturated heterocycles. The SMILES string of the molecule is Cc1cc(Cl)ccc1NS(=O)(=O)c1ccc2c(c1)sc(=O)n2CC(=O)N1CCOCC1. The molecule has 1 fully saturated rings. The van der Waals surface area contributed by atoms with Crippen LogP contribution in [0.5, 0.6) is 0 Å². The number of fused-ring (bicyclic) bond motifs is 1. The first-order chi connectivity index (χ1) is 14.7. The summed E-state index contributed by atoms with van der Waals surface area (Å²) in [6, 6.07) is 9.30. The van der Waals surface area contributed by atoms with E-state index in [4.69, 9.17) is 16.3 Å². The Kier molecular flexibility index (Phi) is 6.07. The molecule has 1 aliphatic heterocycles. The smallest absolute Gasteiger partial charge is 0.308 e. The lowest BCUT2D eigenvalue weighted by molar-refractivity contribution is -0.135. The Balaban J connectivity index is 1.61. The molecule has 0 unspecified atom stereocenters. The lowest BCUT2D eigenvalue weighted by Gasteiger charge is -2.26. The highest BCUT2D eigenvalue weighted by atomic mass is 35.5. The zero-order valence-corrected chi connectivity index (χ0v) is 19.0. The third-order valence-electron chi connectivity index (χ3n) is 5.04. The number of rotatable bonds is 5. The molecule has 0 aliphatic carbocycles. The predicted molar refractivity (Wildman–Crippen MR) is 120 cm³/mol. The second-order valence-electron chi connectivity index (χ2n) is 7.14. The lowest BCUT2D eigenvalue weighted by Crippen LogP contribution is -2.43. The van der Waals surface area contributed by atoms with Crippen LogP contribution in [0.3, 0.4) is 0 Å². The number of nitrogens with one attached hydrogen (secondary N) is 1. The van der Waals surface area contributed by atoms with Gasteiger partial charge in [0.05, 0.1) is 34.0 Å². The van der Waals surface area contributed by atoms with E-state index in [9.17, 15) is 18.0 Å². The van der Waals surface area contributed by atoms with Gasteiger partial charge in [0.1, 0.15) is 6.54 Å². The molecule has 1 N–H and O–H groups in total. The van der Waals surface area contributed by atoms with E-state index in [1.807, 2.05) is 0 Å². The molecule has 1 aromatic heterocycles. The number of carbonyl (C=O) groups is 1. The van der Waals surface area contributed by atoms with Crippen molar-refractivity contribution in [2.24, 2.45) is 0 Å². The molecule has 11 heteroatoms. The van der Waals surface area contributed by atoms with Gasteiger partial charge in [-0.1, -0.05) is 22.9 Å². The maximum Gasteiger partial charge on any atom is 0.308 e. The van der Waals surface area contributed by atoms with Crippen LogP contribution >= 0.6 is 22.9 Å². The van der Waals surface area contributed by atoms with E-state index in [0.717, 1.165) is 11.3 Å². The molecule has 31 heavy (non-hydrogen) atoms. The molecule has 4 rings (SSSR count). The summed E-state index contributed by atoms with van der Waals surface area (Å²) in [7, 11) is -3.87. The van der Waals surface area contributed by atoms with Gasteiger partial charge in [0, 0.05) is 18.1 Å². The van der Waals surface area contributed by atoms with Crippen molar-refractivity contribution in [1.29, 1.82) is 0 Å². The molecule has 2 heterocycles. The Labute approximate surface area is 188 Å². The zero-order chi connectivity index (χ0) is 22.2. The molecule has 3 aromatic rings. The lowest BCUT2D eigenvalue weighted by atomic mass is 10.2. The van der Waals surface area contributed by atoms with Gasteiger partial charge in [-0.05, 0) is 48.9 Å². The van der Waals surface area contributed by atoms with Gasteiger partial charge in [-0.15, -0.1) is 0 Å². The number of halogens is 1. The summed E-state index contributed by atoms with van der Waals surface area (Å²) in [4.78, 5) is 26.4. The number of nitrogens with zero attached hydrogens (tertiary/aromatic N) is 2. The van der Waals surface area contributed by atoms with Crippen LogP contribution in [0, 0.1) is 6.92 Å². The Morgan fingerprint density at radius 2 is 1.94 bits per heavy atom. The van der Waals surface area contributed by atoms with Crippen LogP contribution in [-0.2, 0) is 26.1 Å². The molecule has 0 bridgehead atoms. The van der Waals surface area contributed by atoms with Gasteiger partial charge < -0.3 is 9.64 Å². The molecular formula is C20H20ClN3O5S2. The Bertz CT molecular complexity index is 1310. The number of anilines is 1. The number of amides is 1. The van der Waals surface area contributed by atoms with Crippen molar-refractivity contribution in [3.05, 3.63) is 56.7 Å². The van der Waals surface area contributed by atoms with Crippen LogP contribution in [0.15, 0.2) is 46.1 Å². The third-order valence-corrected chi connectivity index (χ3v) is 7.58. The number of hydrogen-bond donors (Lipinski definition) is 1. The van der Waals surface area contributed by atoms with Crippen LogP contribution < -0.4 is 9.60 Å². The van der Waals surface area contributed by atoms with E-state index < -0.39 is 10.0 Å². The number of carbonyl (C=O) groups excluding carboxylic acids is 1. The van der Waals surface area contributed by atoms with Crippen molar-refractivity contribution in [2.75, 3.05) is 31.0 Å². The number of morpholine rings is 1. The van der Waals surface area contributed by atoms with Crippen LogP contribution in [0.2, 0.25) is 5.02 Å². The van der Waals surface area contributed by atoms with Crippen molar-refractivity contribution in [3.63, 3.8) is 0 Å². The minimum Gasteiger partial charge on any atom is -0.378 e. The maximum absolute atomic E-state index is 12.9. The largest absolute Gasteiger partial charge is 0.378 e. The number of aromatic nitrogens is 1. The molecule has 1 aliphatic rings. The summed E-state index contributed by atoms with van der Waals surface area (Å²) >= 11 is 6.84. The van der Waals surface area contributed by atoms with E-state index in [1.165, 1.54) is 16.7 Å². The van der Waals surface area contributed by atoms with Gasteiger partial charge in [-0.25, -0.2) is 8.42 Å². The number of benzene rings is 2. The fourth-order valence-electron chi connectivity index (χ4n) is 3.36. The van der Waals surface area contributed by atoms with Gasteiger partial charge in [0.2, 0.25) is 5.91 Å². The summed E-state index contributed by atoms with van der Waals surface area (Å²) in [5.74, 6) is -0.165. The summed E-state index contributed by atoms with van der Waals surface area (Å²) in [5, 5.41) is 0.514. The van der Waals surface area contributed by atoms with Gasteiger partial charge >= 0.3 is 4.87 Å². The molecule has 1 amide bonds. The first-order valence-corrected chi connectivity index (χ1v) is 12.2.